The third kappa shape index (κ3) is 5.80. The normalized spacial score (nSPS) is 12.0. The summed E-state index contributed by atoms with van der Waals surface area (Å²) >= 11 is 0. The van der Waals surface area contributed by atoms with E-state index < -0.39 is 13.9 Å². The molecular weight excluding hydrogens is 642 g/mol. The summed E-state index contributed by atoms with van der Waals surface area (Å²) in [5.41, 5.74) is 4.22. The molecule has 0 heterocycles. The summed E-state index contributed by atoms with van der Waals surface area (Å²) in [7, 11) is -1.06. The van der Waals surface area contributed by atoms with E-state index >= 15 is 0 Å². The van der Waals surface area contributed by atoms with Crippen LogP contribution in [0.15, 0.2) is 182 Å². The zero-order chi connectivity index (χ0) is 35.3. The van der Waals surface area contributed by atoms with Gasteiger partial charge in [-0.25, -0.2) is 0 Å². The van der Waals surface area contributed by atoms with Crippen molar-refractivity contribution in [1.82, 2.24) is 0 Å². The fourth-order valence-corrected chi connectivity index (χ4v) is 15.1. The van der Waals surface area contributed by atoms with Crippen LogP contribution in [-0.4, -0.2) is 7.32 Å². The van der Waals surface area contributed by atoms with Crippen LogP contribution in [0.1, 0.15) is 22.3 Å². The van der Waals surface area contributed by atoms with Crippen molar-refractivity contribution in [3.63, 3.8) is 0 Å². The Hall–Kier alpha value is -5.57. The molecule has 7 aromatic rings. The summed E-state index contributed by atoms with van der Waals surface area (Å²) in [4.78, 5) is 0. The molecule has 0 aromatic heterocycles. The third-order valence-electron chi connectivity index (χ3n) is 10.0. The van der Waals surface area contributed by atoms with Crippen LogP contribution in [0, 0.1) is 27.7 Å². The van der Waals surface area contributed by atoms with Gasteiger partial charge in [-0.05, 0) is 0 Å². The fraction of sp³-hybridized carbons (Fsp3) is 0.0870. The zero-order valence-electron chi connectivity index (χ0n) is 29.6. The molecule has 7 rings (SSSR count). The average Bonchev–Trinajstić information content (AvgIpc) is 3.17. The number of rotatable bonds is 11. The first kappa shape index (κ1) is 33.9. The van der Waals surface area contributed by atoms with Crippen molar-refractivity contribution < 1.29 is 14.0 Å². The van der Waals surface area contributed by atoms with E-state index in [1.165, 1.54) is 32.1 Å². The molecule has 0 N–H and O–H groups in total. The van der Waals surface area contributed by atoms with Gasteiger partial charge in [0.2, 0.25) is 0 Å². The quantitative estimate of drug-likeness (QED) is 0.101. The summed E-state index contributed by atoms with van der Waals surface area (Å²) in [5, 5.41) is 6.23. The van der Waals surface area contributed by atoms with Gasteiger partial charge in [0.1, 0.15) is 0 Å². The van der Waals surface area contributed by atoms with Crippen LogP contribution in [0.2, 0.25) is 0 Å². The van der Waals surface area contributed by atoms with E-state index in [2.05, 4.69) is 141 Å². The Morgan fingerprint density at radius 2 is 0.686 bits per heavy atom. The molecule has 0 unspecified atom stereocenters. The van der Waals surface area contributed by atoms with Crippen molar-refractivity contribution in [3.05, 3.63) is 204 Å². The Bertz CT molecular complexity index is 2110. The van der Waals surface area contributed by atoms with Gasteiger partial charge in [0.25, 0.3) is 0 Å². The first-order chi connectivity index (χ1) is 24.9. The van der Waals surface area contributed by atoms with Gasteiger partial charge in [0, 0.05) is 0 Å². The fourth-order valence-electron chi connectivity index (χ4n) is 7.63. The number of hydrogen-bond acceptors (Lipinski definition) is 3. The SMILES string of the molecule is Cc1ccccc1OB(Oc1ccccc1C)Oc1cccc(P(c2ccccc2)(c2ccccc2)(c2ccccc2)c2ccccc2C)c1C. The molecule has 252 valence electrons. The van der Waals surface area contributed by atoms with Gasteiger partial charge >= 0.3 is 304 Å². The van der Waals surface area contributed by atoms with Crippen LogP contribution < -0.4 is 40.5 Å². The second-order valence-electron chi connectivity index (χ2n) is 13.0. The molecule has 0 saturated carbocycles. The Morgan fingerprint density at radius 1 is 0.333 bits per heavy atom. The summed E-state index contributed by atoms with van der Waals surface area (Å²) in [6.45, 7) is 4.69. The van der Waals surface area contributed by atoms with E-state index in [-0.39, 0.29) is 0 Å². The van der Waals surface area contributed by atoms with Crippen LogP contribution in [0.25, 0.3) is 0 Å². The molecule has 0 amide bonds. The van der Waals surface area contributed by atoms with E-state index in [9.17, 15) is 0 Å². The number of hydrogen-bond donors (Lipinski definition) is 0. The molecular formula is C46H42BO3P. The van der Waals surface area contributed by atoms with Gasteiger partial charge in [-0.15, -0.1) is 0 Å². The molecule has 3 nitrogen and oxygen atoms in total. The number of para-hydroxylation sites is 2. The molecule has 0 saturated heterocycles. The van der Waals surface area contributed by atoms with Gasteiger partial charge in [-0.3, -0.25) is 0 Å². The van der Waals surface area contributed by atoms with Gasteiger partial charge in [0.15, 0.2) is 0 Å². The topological polar surface area (TPSA) is 27.7 Å². The summed E-state index contributed by atoms with van der Waals surface area (Å²) in [6.07, 6.45) is 0. The van der Waals surface area contributed by atoms with Crippen molar-refractivity contribution in [2.75, 3.05) is 0 Å². The summed E-state index contributed by atoms with van der Waals surface area (Å²) < 4.78 is 20.0. The Balaban J connectivity index is 1.54. The molecule has 0 radical (unpaired) electrons. The monoisotopic (exact) mass is 684 g/mol. The molecule has 0 atom stereocenters. The van der Waals surface area contributed by atoms with E-state index in [0.717, 1.165) is 16.7 Å². The van der Waals surface area contributed by atoms with Crippen LogP contribution in [-0.2, 0) is 0 Å². The van der Waals surface area contributed by atoms with Crippen molar-refractivity contribution in [2.45, 2.75) is 27.7 Å². The maximum absolute atomic E-state index is 6.89. The molecule has 5 heteroatoms. The van der Waals surface area contributed by atoms with Crippen molar-refractivity contribution in [2.24, 2.45) is 0 Å². The van der Waals surface area contributed by atoms with Crippen LogP contribution in [0.4, 0.5) is 0 Å². The van der Waals surface area contributed by atoms with Crippen molar-refractivity contribution in [3.8, 4) is 17.2 Å². The van der Waals surface area contributed by atoms with Gasteiger partial charge in [-0.2, -0.15) is 0 Å². The summed E-state index contributed by atoms with van der Waals surface area (Å²) in [6, 6.07) is 64.3. The molecule has 0 fully saturated rings. The second-order valence-corrected chi connectivity index (χ2v) is 17.7. The minimum atomic E-state index is -3.78. The van der Waals surface area contributed by atoms with E-state index in [4.69, 9.17) is 14.0 Å². The van der Waals surface area contributed by atoms with Crippen LogP contribution in [0.3, 0.4) is 0 Å². The predicted molar refractivity (Wildman–Crippen MR) is 217 cm³/mol. The molecule has 0 spiro atoms. The molecule has 51 heavy (non-hydrogen) atoms. The van der Waals surface area contributed by atoms with E-state index in [0.29, 0.717) is 17.2 Å². The third-order valence-corrected chi connectivity index (χ3v) is 16.9. The molecule has 0 aliphatic carbocycles. The molecule has 0 aliphatic heterocycles. The van der Waals surface area contributed by atoms with Crippen LogP contribution >= 0.6 is 6.60 Å². The minimum absolute atomic E-state index is 0.685. The Labute approximate surface area is 302 Å². The van der Waals surface area contributed by atoms with Crippen molar-refractivity contribution in [1.29, 1.82) is 0 Å². The first-order valence-electron chi connectivity index (χ1n) is 17.4. The maximum atomic E-state index is 6.89. The number of benzene rings is 7. The van der Waals surface area contributed by atoms with Gasteiger partial charge in [0.05, 0.1) is 0 Å². The van der Waals surface area contributed by atoms with Crippen LogP contribution in [0.5, 0.6) is 17.2 Å². The van der Waals surface area contributed by atoms with Gasteiger partial charge < -0.3 is 0 Å². The first-order valence-corrected chi connectivity index (χ1v) is 19.6. The predicted octanol–water partition coefficient (Wildman–Crippen LogP) is 8.92. The molecule has 0 bridgehead atoms. The average molecular weight is 685 g/mol. The van der Waals surface area contributed by atoms with E-state index in [1.54, 1.807) is 0 Å². The molecule has 0 aliphatic rings. The van der Waals surface area contributed by atoms with E-state index in [1.807, 2.05) is 68.4 Å². The Kier molecular flexibility index (Phi) is 9.54. The van der Waals surface area contributed by atoms with Crippen molar-refractivity contribution >= 4 is 40.4 Å². The van der Waals surface area contributed by atoms with Gasteiger partial charge in [-0.1, -0.05) is 0 Å². The standard InChI is InChI=1S/C46H42BO3P/c1-35-21-14-17-30-42(35)48-47(49-43-31-18-15-22-36(43)2)50-44-32-20-34-46(38(44)4)51(39-24-8-5-9-25-39,40-26-10-6-11-27-40,41-28-12-7-13-29-41)45-33-19-16-23-37(45)3/h5-34H,1-4H3. The Morgan fingerprint density at radius 3 is 1.14 bits per heavy atom. The molecule has 7 aromatic carbocycles. The number of aryl methyl sites for hydroxylation is 3. The zero-order valence-corrected chi connectivity index (χ0v) is 30.5. The summed E-state index contributed by atoms with van der Waals surface area (Å²) in [5.74, 6) is 2.08. The second kappa shape index (κ2) is 14.3.